The molecule has 1 amide bonds. The van der Waals surface area contributed by atoms with Crippen molar-refractivity contribution in [2.24, 2.45) is 0 Å². The molecule has 0 aliphatic carbocycles. The third-order valence-corrected chi connectivity index (χ3v) is 4.70. The second-order valence-electron chi connectivity index (χ2n) is 5.94. The minimum atomic E-state index is -0.235. The standard InChI is InChI=1S/C21H14ClN3O/c22-17-9-5-6-14(12-23)21(17)24-20(26)13-25-18-10-3-1-7-15(18)16-8-2-4-11-19(16)25/h1-11H,13H2,(H,24,26). The van der Waals surface area contributed by atoms with Gasteiger partial charge in [0.1, 0.15) is 12.6 Å². The molecule has 1 aromatic heterocycles. The maximum absolute atomic E-state index is 12.7. The molecule has 4 nitrogen and oxygen atoms in total. The number of aromatic nitrogens is 1. The molecule has 3 aromatic carbocycles. The average Bonchev–Trinajstić information content (AvgIpc) is 2.98. The second kappa shape index (κ2) is 6.55. The number of nitrogens with one attached hydrogen (secondary N) is 1. The van der Waals surface area contributed by atoms with Crippen LogP contribution in [0, 0.1) is 11.3 Å². The lowest BCUT2D eigenvalue weighted by molar-refractivity contribution is -0.116. The fraction of sp³-hybridized carbons (Fsp3) is 0.0476. The Bertz CT molecular complexity index is 1130. The highest BCUT2D eigenvalue weighted by Crippen LogP contribution is 2.29. The summed E-state index contributed by atoms with van der Waals surface area (Å²) >= 11 is 6.15. The Hall–Kier alpha value is -3.29. The first kappa shape index (κ1) is 16.2. The summed E-state index contributed by atoms with van der Waals surface area (Å²) in [5.41, 5.74) is 2.67. The molecule has 4 aromatic rings. The minimum Gasteiger partial charge on any atom is -0.331 e. The Labute approximate surface area is 155 Å². The molecule has 4 rings (SSSR count). The number of hydrogen-bond acceptors (Lipinski definition) is 2. The highest BCUT2D eigenvalue weighted by Gasteiger charge is 2.15. The Kier molecular flexibility index (Phi) is 4.08. The van der Waals surface area contributed by atoms with E-state index < -0.39 is 0 Å². The number of carbonyl (C=O) groups excluding carboxylic acids is 1. The number of rotatable bonds is 3. The van der Waals surface area contributed by atoms with Crippen molar-refractivity contribution < 1.29 is 4.79 Å². The van der Waals surface area contributed by atoms with Crippen molar-refractivity contribution in [1.82, 2.24) is 4.57 Å². The minimum absolute atomic E-state index is 0.129. The van der Waals surface area contributed by atoms with E-state index >= 15 is 0 Å². The van der Waals surface area contributed by atoms with Crippen molar-refractivity contribution in [3.8, 4) is 6.07 Å². The monoisotopic (exact) mass is 359 g/mol. The van der Waals surface area contributed by atoms with Gasteiger partial charge in [-0.1, -0.05) is 54.1 Å². The molecule has 0 aliphatic rings. The van der Waals surface area contributed by atoms with Gasteiger partial charge in [0.25, 0.3) is 0 Å². The molecule has 5 heteroatoms. The Morgan fingerprint density at radius 3 is 2.19 bits per heavy atom. The van der Waals surface area contributed by atoms with Crippen LogP contribution in [0.3, 0.4) is 0 Å². The van der Waals surface area contributed by atoms with Crippen LogP contribution in [-0.2, 0) is 11.3 Å². The van der Waals surface area contributed by atoms with Gasteiger partial charge in [0.05, 0.1) is 16.3 Å². The molecule has 0 saturated heterocycles. The van der Waals surface area contributed by atoms with Crippen LogP contribution in [0.25, 0.3) is 21.8 Å². The van der Waals surface area contributed by atoms with Crippen LogP contribution in [0.1, 0.15) is 5.56 Å². The number of carbonyl (C=O) groups is 1. The average molecular weight is 360 g/mol. The van der Waals surface area contributed by atoms with Gasteiger partial charge in [-0.05, 0) is 24.3 Å². The van der Waals surface area contributed by atoms with Crippen LogP contribution in [0.5, 0.6) is 0 Å². The van der Waals surface area contributed by atoms with Gasteiger partial charge in [-0.25, -0.2) is 0 Å². The predicted molar refractivity (Wildman–Crippen MR) is 104 cm³/mol. The molecule has 0 unspecified atom stereocenters. The largest absolute Gasteiger partial charge is 0.331 e. The Morgan fingerprint density at radius 1 is 0.962 bits per heavy atom. The molecule has 0 spiro atoms. The summed E-state index contributed by atoms with van der Waals surface area (Å²) in [4.78, 5) is 12.7. The van der Waals surface area contributed by atoms with Gasteiger partial charge in [-0.3, -0.25) is 4.79 Å². The summed E-state index contributed by atoms with van der Waals surface area (Å²) < 4.78 is 1.98. The van der Waals surface area contributed by atoms with Crippen LogP contribution in [-0.4, -0.2) is 10.5 Å². The lowest BCUT2D eigenvalue weighted by Gasteiger charge is -2.11. The highest BCUT2D eigenvalue weighted by atomic mass is 35.5. The van der Waals surface area contributed by atoms with Crippen LogP contribution < -0.4 is 5.32 Å². The van der Waals surface area contributed by atoms with Gasteiger partial charge in [-0.15, -0.1) is 0 Å². The zero-order chi connectivity index (χ0) is 18.1. The number of fused-ring (bicyclic) bond motifs is 3. The first-order valence-corrected chi connectivity index (χ1v) is 8.51. The summed E-state index contributed by atoms with van der Waals surface area (Å²) in [5, 5.41) is 14.6. The van der Waals surface area contributed by atoms with Gasteiger partial charge in [0.2, 0.25) is 5.91 Å². The van der Waals surface area contributed by atoms with E-state index in [1.54, 1.807) is 18.2 Å². The van der Waals surface area contributed by atoms with Crippen LogP contribution in [0.2, 0.25) is 5.02 Å². The molecule has 26 heavy (non-hydrogen) atoms. The van der Waals surface area contributed by atoms with Gasteiger partial charge < -0.3 is 9.88 Å². The summed E-state index contributed by atoms with van der Waals surface area (Å²) in [7, 11) is 0. The molecule has 1 heterocycles. The summed E-state index contributed by atoms with van der Waals surface area (Å²) in [6.07, 6.45) is 0. The summed E-state index contributed by atoms with van der Waals surface area (Å²) in [5.74, 6) is -0.235. The van der Waals surface area contributed by atoms with E-state index in [4.69, 9.17) is 11.6 Å². The van der Waals surface area contributed by atoms with Crippen molar-refractivity contribution >= 4 is 45.0 Å². The van der Waals surface area contributed by atoms with E-state index in [9.17, 15) is 10.1 Å². The topological polar surface area (TPSA) is 57.8 Å². The SMILES string of the molecule is N#Cc1cccc(Cl)c1NC(=O)Cn1c2ccccc2c2ccccc21. The fourth-order valence-corrected chi connectivity index (χ4v) is 3.46. The number of halogens is 1. The lowest BCUT2D eigenvalue weighted by Crippen LogP contribution is -2.19. The summed E-state index contributed by atoms with van der Waals surface area (Å²) in [6, 6.07) is 23.0. The molecule has 0 aliphatic heterocycles. The molecule has 0 radical (unpaired) electrons. The van der Waals surface area contributed by atoms with Crippen LogP contribution in [0.4, 0.5) is 5.69 Å². The third kappa shape index (κ3) is 2.69. The van der Waals surface area contributed by atoms with Gasteiger partial charge in [0.15, 0.2) is 0 Å². The molecule has 0 saturated carbocycles. The first-order chi connectivity index (χ1) is 12.7. The van der Waals surface area contributed by atoms with Crippen molar-refractivity contribution in [2.75, 3.05) is 5.32 Å². The molecule has 1 N–H and O–H groups in total. The number of anilines is 1. The van der Waals surface area contributed by atoms with E-state index in [1.165, 1.54) is 0 Å². The molecular formula is C21H14ClN3O. The number of benzene rings is 3. The van der Waals surface area contributed by atoms with Crippen molar-refractivity contribution in [3.05, 3.63) is 77.3 Å². The van der Waals surface area contributed by atoms with E-state index in [1.807, 2.05) is 53.1 Å². The zero-order valence-corrected chi connectivity index (χ0v) is 14.5. The van der Waals surface area contributed by atoms with Crippen molar-refractivity contribution in [1.29, 1.82) is 5.26 Å². The van der Waals surface area contributed by atoms with E-state index in [0.717, 1.165) is 21.8 Å². The number of para-hydroxylation sites is 3. The number of hydrogen-bond donors (Lipinski definition) is 1. The van der Waals surface area contributed by atoms with E-state index in [2.05, 4.69) is 11.4 Å². The number of amides is 1. The highest BCUT2D eigenvalue weighted by molar-refractivity contribution is 6.34. The summed E-state index contributed by atoms with van der Waals surface area (Å²) in [6.45, 7) is 0.129. The Balaban J connectivity index is 1.74. The maximum atomic E-state index is 12.7. The third-order valence-electron chi connectivity index (χ3n) is 4.38. The molecule has 0 bridgehead atoms. The lowest BCUT2D eigenvalue weighted by atomic mass is 10.2. The van der Waals surface area contributed by atoms with Crippen LogP contribution >= 0.6 is 11.6 Å². The predicted octanol–water partition coefficient (Wildman–Crippen LogP) is 4.96. The van der Waals surface area contributed by atoms with Crippen LogP contribution in [0.15, 0.2) is 66.7 Å². The molecule has 0 fully saturated rings. The zero-order valence-electron chi connectivity index (χ0n) is 13.7. The molecular weight excluding hydrogens is 346 g/mol. The quantitative estimate of drug-likeness (QED) is 0.562. The van der Waals surface area contributed by atoms with Gasteiger partial charge in [-0.2, -0.15) is 5.26 Å². The van der Waals surface area contributed by atoms with E-state index in [0.29, 0.717) is 16.3 Å². The number of nitriles is 1. The maximum Gasteiger partial charge on any atom is 0.244 e. The molecule has 126 valence electrons. The molecule has 0 atom stereocenters. The number of nitrogens with zero attached hydrogens (tertiary/aromatic N) is 2. The second-order valence-corrected chi connectivity index (χ2v) is 6.35. The first-order valence-electron chi connectivity index (χ1n) is 8.13. The normalized spacial score (nSPS) is 10.8. The van der Waals surface area contributed by atoms with Crippen molar-refractivity contribution in [3.63, 3.8) is 0 Å². The Morgan fingerprint density at radius 2 is 1.58 bits per heavy atom. The van der Waals surface area contributed by atoms with Gasteiger partial charge in [0, 0.05) is 21.8 Å². The van der Waals surface area contributed by atoms with Crippen molar-refractivity contribution in [2.45, 2.75) is 6.54 Å². The van der Waals surface area contributed by atoms with Gasteiger partial charge >= 0.3 is 0 Å². The fourth-order valence-electron chi connectivity index (χ4n) is 3.24. The van der Waals surface area contributed by atoms with E-state index in [-0.39, 0.29) is 12.5 Å². The smallest absolute Gasteiger partial charge is 0.244 e.